The zero-order valence-corrected chi connectivity index (χ0v) is 9.30. The Labute approximate surface area is 94.1 Å². The van der Waals surface area contributed by atoms with E-state index in [0.29, 0.717) is 6.04 Å². The van der Waals surface area contributed by atoms with Crippen LogP contribution in [0.3, 0.4) is 0 Å². The molecule has 0 atom stereocenters. The molecule has 16 heavy (non-hydrogen) atoms. The van der Waals surface area contributed by atoms with E-state index < -0.39 is 0 Å². The molecule has 84 valence electrons. The average Bonchev–Trinajstić information content (AvgIpc) is 2.82. The Kier molecular flexibility index (Phi) is 2.25. The van der Waals surface area contributed by atoms with E-state index in [2.05, 4.69) is 26.3 Å². The lowest BCUT2D eigenvalue weighted by atomic mass is 10.1. The largest absolute Gasteiger partial charge is 0.293 e. The lowest BCUT2D eigenvalue weighted by Gasteiger charge is -2.38. The summed E-state index contributed by atoms with van der Waals surface area (Å²) >= 11 is 0. The van der Waals surface area contributed by atoms with Gasteiger partial charge < -0.3 is 0 Å². The topological polar surface area (TPSA) is 49.7 Å². The SMILES string of the molecule is Cc1cc(CN2CC(n3cccn3)C2)n[nH]1. The van der Waals surface area contributed by atoms with Crippen molar-refractivity contribution in [3.63, 3.8) is 0 Å². The van der Waals surface area contributed by atoms with Crippen LogP contribution in [0.1, 0.15) is 17.4 Å². The maximum atomic E-state index is 4.25. The summed E-state index contributed by atoms with van der Waals surface area (Å²) in [4.78, 5) is 2.38. The van der Waals surface area contributed by atoms with Gasteiger partial charge >= 0.3 is 0 Å². The fourth-order valence-corrected chi connectivity index (χ4v) is 2.12. The van der Waals surface area contributed by atoms with Crippen molar-refractivity contribution >= 4 is 0 Å². The van der Waals surface area contributed by atoms with Crippen molar-refractivity contribution in [1.29, 1.82) is 0 Å². The van der Waals surface area contributed by atoms with E-state index in [1.165, 1.54) is 0 Å². The van der Waals surface area contributed by atoms with Crippen LogP contribution in [0.25, 0.3) is 0 Å². The van der Waals surface area contributed by atoms with Gasteiger partial charge in [-0.25, -0.2) is 0 Å². The number of rotatable bonds is 3. The highest BCUT2D eigenvalue weighted by molar-refractivity contribution is 5.07. The van der Waals surface area contributed by atoms with E-state index in [4.69, 9.17) is 0 Å². The Hall–Kier alpha value is -1.62. The number of nitrogens with one attached hydrogen (secondary N) is 1. The molecule has 0 bridgehead atoms. The van der Waals surface area contributed by atoms with Crippen molar-refractivity contribution in [3.05, 3.63) is 35.9 Å². The molecule has 0 aliphatic carbocycles. The zero-order valence-electron chi connectivity index (χ0n) is 9.30. The third-order valence-electron chi connectivity index (χ3n) is 2.98. The molecule has 1 aliphatic rings. The molecule has 1 fully saturated rings. The van der Waals surface area contributed by atoms with E-state index in [1.807, 2.05) is 30.1 Å². The number of aromatic amines is 1. The lowest BCUT2D eigenvalue weighted by Crippen LogP contribution is -2.47. The molecule has 0 radical (unpaired) electrons. The minimum absolute atomic E-state index is 0.537. The quantitative estimate of drug-likeness (QED) is 0.833. The Morgan fingerprint density at radius 1 is 1.50 bits per heavy atom. The second kappa shape index (κ2) is 3.75. The monoisotopic (exact) mass is 217 g/mol. The van der Waals surface area contributed by atoms with Crippen LogP contribution in [0.5, 0.6) is 0 Å². The molecular formula is C11H15N5. The first kappa shape index (κ1) is 9.59. The van der Waals surface area contributed by atoms with Crippen LogP contribution >= 0.6 is 0 Å². The summed E-state index contributed by atoms with van der Waals surface area (Å²) in [7, 11) is 0. The highest BCUT2D eigenvalue weighted by atomic mass is 15.4. The molecule has 0 spiro atoms. The first-order chi connectivity index (χ1) is 7.81. The minimum atomic E-state index is 0.537. The number of nitrogens with zero attached hydrogens (tertiary/aromatic N) is 4. The standard InChI is InChI=1S/C11H15N5/c1-9-5-10(14-13-9)6-15-7-11(8-15)16-4-2-3-12-16/h2-5,11H,6-8H2,1H3,(H,13,14). The fraction of sp³-hybridized carbons (Fsp3) is 0.455. The summed E-state index contributed by atoms with van der Waals surface area (Å²) in [6, 6.07) is 4.61. The van der Waals surface area contributed by atoms with Gasteiger partial charge in [0.1, 0.15) is 0 Å². The minimum Gasteiger partial charge on any atom is -0.293 e. The van der Waals surface area contributed by atoms with Gasteiger partial charge in [0.25, 0.3) is 0 Å². The van der Waals surface area contributed by atoms with Crippen LogP contribution in [-0.2, 0) is 6.54 Å². The number of aromatic nitrogens is 4. The third kappa shape index (κ3) is 1.74. The van der Waals surface area contributed by atoms with Crippen LogP contribution in [0.4, 0.5) is 0 Å². The van der Waals surface area contributed by atoms with Crippen molar-refractivity contribution in [2.75, 3.05) is 13.1 Å². The fourth-order valence-electron chi connectivity index (χ4n) is 2.12. The lowest BCUT2D eigenvalue weighted by molar-refractivity contribution is 0.0895. The molecule has 3 heterocycles. The molecule has 0 aromatic carbocycles. The third-order valence-corrected chi connectivity index (χ3v) is 2.98. The van der Waals surface area contributed by atoms with Crippen molar-refractivity contribution in [2.24, 2.45) is 0 Å². The number of aryl methyl sites for hydroxylation is 1. The van der Waals surface area contributed by atoms with Gasteiger partial charge in [0.05, 0.1) is 11.7 Å². The van der Waals surface area contributed by atoms with Crippen LogP contribution < -0.4 is 0 Å². The Morgan fingerprint density at radius 2 is 2.38 bits per heavy atom. The summed E-state index contributed by atoms with van der Waals surface area (Å²) in [5, 5.41) is 11.5. The molecule has 5 nitrogen and oxygen atoms in total. The molecular weight excluding hydrogens is 202 g/mol. The van der Waals surface area contributed by atoms with Gasteiger partial charge in [0.2, 0.25) is 0 Å². The second-order valence-corrected chi connectivity index (χ2v) is 4.38. The Bertz CT molecular complexity index is 452. The molecule has 2 aromatic rings. The zero-order chi connectivity index (χ0) is 11.0. The molecule has 5 heteroatoms. The van der Waals surface area contributed by atoms with Crippen LogP contribution in [0.15, 0.2) is 24.5 Å². The highest BCUT2D eigenvalue weighted by Crippen LogP contribution is 2.21. The predicted molar refractivity (Wildman–Crippen MR) is 59.9 cm³/mol. The van der Waals surface area contributed by atoms with E-state index in [0.717, 1.165) is 31.0 Å². The van der Waals surface area contributed by atoms with Crippen LogP contribution in [0, 0.1) is 6.92 Å². The molecule has 1 aliphatic heterocycles. The smallest absolute Gasteiger partial charge is 0.0773 e. The summed E-state index contributed by atoms with van der Waals surface area (Å²) in [5.41, 5.74) is 2.25. The van der Waals surface area contributed by atoms with E-state index in [1.54, 1.807) is 0 Å². The predicted octanol–water partition coefficient (Wildman–Crippen LogP) is 0.972. The maximum Gasteiger partial charge on any atom is 0.0773 e. The number of hydrogen-bond acceptors (Lipinski definition) is 3. The van der Waals surface area contributed by atoms with Gasteiger partial charge in [0.15, 0.2) is 0 Å². The number of hydrogen-bond donors (Lipinski definition) is 1. The van der Waals surface area contributed by atoms with E-state index >= 15 is 0 Å². The first-order valence-corrected chi connectivity index (χ1v) is 5.53. The Morgan fingerprint density at radius 3 is 3.00 bits per heavy atom. The average molecular weight is 217 g/mol. The Balaban J connectivity index is 1.54. The van der Waals surface area contributed by atoms with E-state index in [-0.39, 0.29) is 0 Å². The van der Waals surface area contributed by atoms with Crippen molar-refractivity contribution < 1.29 is 0 Å². The van der Waals surface area contributed by atoms with Gasteiger partial charge in [-0.15, -0.1) is 0 Å². The van der Waals surface area contributed by atoms with Crippen molar-refractivity contribution in [1.82, 2.24) is 24.9 Å². The van der Waals surface area contributed by atoms with Gasteiger partial charge in [-0.1, -0.05) is 0 Å². The molecule has 1 N–H and O–H groups in total. The van der Waals surface area contributed by atoms with Crippen molar-refractivity contribution in [2.45, 2.75) is 19.5 Å². The van der Waals surface area contributed by atoms with Gasteiger partial charge in [-0.05, 0) is 19.1 Å². The molecule has 2 aromatic heterocycles. The van der Waals surface area contributed by atoms with Crippen LogP contribution in [0.2, 0.25) is 0 Å². The van der Waals surface area contributed by atoms with Gasteiger partial charge in [-0.3, -0.25) is 14.7 Å². The van der Waals surface area contributed by atoms with Crippen LogP contribution in [-0.4, -0.2) is 38.0 Å². The summed E-state index contributed by atoms with van der Waals surface area (Å²) in [6.45, 7) is 5.09. The first-order valence-electron chi connectivity index (χ1n) is 5.53. The normalized spacial score (nSPS) is 17.6. The highest BCUT2D eigenvalue weighted by Gasteiger charge is 2.28. The summed E-state index contributed by atoms with van der Waals surface area (Å²) in [5.74, 6) is 0. The maximum absolute atomic E-state index is 4.25. The van der Waals surface area contributed by atoms with Gasteiger partial charge in [0, 0.05) is 37.7 Å². The second-order valence-electron chi connectivity index (χ2n) is 4.38. The van der Waals surface area contributed by atoms with E-state index in [9.17, 15) is 0 Å². The number of H-pyrrole nitrogens is 1. The molecule has 0 unspecified atom stereocenters. The van der Waals surface area contributed by atoms with Gasteiger partial charge in [-0.2, -0.15) is 10.2 Å². The molecule has 1 saturated heterocycles. The summed E-state index contributed by atoms with van der Waals surface area (Å²) < 4.78 is 2.03. The molecule has 0 amide bonds. The summed E-state index contributed by atoms with van der Waals surface area (Å²) in [6.07, 6.45) is 3.86. The molecule has 3 rings (SSSR count). The van der Waals surface area contributed by atoms with Crippen molar-refractivity contribution in [3.8, 4) is 0 Å². The molecule has 0 saturated carbocycles. The number of likely N-dealkylation sites (tertiary alicyclic amines) is 1.